The molecule has 0 amide bonds. The van der Waals surface area contributed by atoms with E-state index >= 15 is 0 Å². The topological polar surface area (TPSA) is 50.2 Å². The molecule has 0 radical (unpaired) electrons. The predicted octanol–water partition coefficient (Wildman–Crippen LogP) is -0.0315. The normalized spacial score (nSPS) is 21.1. The number of hydrogen-bond acceptors (Lipinski definition) is 4. The second-order valence-electron chi connectivity index (χ2n) is 4.13. The van der Waals surface area contributed by atoms with Crippen LogP contribution in [0.5, 0.6) is 0 Å². The van der Waals surface area contributed by atoms with Gasteiger partial charge in [0.05, 0.1) is 0 Å². The fourth-order valence-corrected chi connectivity index (χ4v) is 2.09. The molecular weight excluding hydrogens is 204 g/mol. The van der Waals surface area contributed by atoms with Crippen molar-refractivity contribution in [1.29, 1.82) is 0 Å². The van der Waals surface area contributed by atoms with Crippen LogP contribution >= 0.6 is 0 Å². The average molecular weight is 222 g/mol. The zero-order valence-electron chi connectivity index (χ0n) is 9.81. The van der Waals surface area contributed by atoms with E-state index in [1.165, 1.54) is 0 Å². The van der Waals surface area contributed by atoms with Crippen LogP contribution in [-0.2, 0) is 7.05 Å². The van der Waals surface area contributed by atoms with Gasteiger partial charge < -0.3 is 14.8 Å². The Bertz CT molecular complexity index is 415. The Morgan fingerprint density at radius 1 is 1.62 bits per heavy atom. The monoisotopic (exact) mass is 222 g/mol. The van der Waals surface area contributed by atoms with Crippen molar-refractivity contribution >= 4 is 5.82 Å². The van der Waals surface area contributed by atoms with E-state index in [4.69, 9.17) is 0 Å². The summed E-state index contributed by atoms with van der Waals surface area (Å²) >= 11 is 0. The van der Waals surface area contributed by atoms with Gasteiger partial charge in [0.2, 0.25) is 0 Å². The Labute approximate surface area is 95.1 Å². The number of rotatable bonds is 2. The van der Waals surface area contributed by atoms with Crippen LogP contribution in [-0.4, -0.2) is 35.2 Å². The third-order valence-electron chi connectivity index (χ3n) is 3.09. The first-order valence-electron chi connectivity index (χ1n) is 5.73. The van der Waals surface area contributed by atoms with Crippen LogP contribution in [0, 0.1) is 0 Å². The Kier molecular flexibility index (Phi) is 3.24. The number of anilines is 1. The minimum absolute atomic E-state index is 0.0112. The highest BCUT2D eigenvalue weighted by Crippen LogP contribution is 2.12. The van der Waals surface area contributed by atoms with Crippen molar-refractivity contribution in [2.24, 2.45) is 7.05 Å². The Balaban J connectivity index is 2.34. The number of hydrogen-bond donors (Lipinski definition) is 1. The molecular formula is C11H18N4O. The van der Waals surface area contributed by atoms with Crippen LogP contribution in [0.2, 0.25) is 0 Å². The third kappa shape index (κ3) is 1.95. The molecule has 1 N–H and O–H groups in total. The van der Waals surface area contributed by atoms with Gasteiger partial charge in [-0.25, -0.2) is 4.98 Å². The lowest BCUT2D eigenvalue weighted by Crippen LogP contribution is -2.53. The standard InChI is InChI=1S/C11H18N4O/c1-3-9-8-12-4-7-15(9)10-11(16)14(2)6-5-13-10/h5-6,9,12H,3-4,7-8H2,1-2H3. The summed E-state index contributed by atoms with van der Waals surface area (Å²) in [5, 5.41) is 3.34. The number of nitrogens with zero attached hydrogens (tertiary/aromatic N) is 3. The second kappa shape index (κ2) is 4.65. The van der Waals surface area contributed by atoms with Gasteiger partial charge in [0.15, 0.2) is 5.82 Å². The van der Waals surface area contributed by atoms with Crippen LogP contribution in [0.15, 0.2) is 17.2 Å². The van der Waals surface area contributed by atoms with Crippen LogP contribution in [0.4, 0.5) is 5.82 Å². The molecule has 0 saturated carbocycles. The van der Waals surface area contributed by atoms with Crippen molar-refractivity contribution in [2.75, 3.05) is 24.5 Å². The summed E-state index contributed by atoms with van der Waals surface area (Å²) in [6, 6.07) is 0.372. The van der Waals surface area contributed by atoms with Crippen molar-refractivity contribution in [3.63, 3.8) is 0 Å². The molecule has 0 bridgehead atoms. The van der Waals surface area contributed by atoms with E-state index in [2.05, 4.69) is 22.1 Å². The number of aryl methyl sites for hydroxylation is 1. The molecule has 2 rings (SSSR count). The summed E-state index contributed by atoms with van der Waals surface area (Å²) < 4.78 is 1.58. The third-order valence-corrected chi connectivity index (χ3v) is 3.09. The number of nitrogens with one attached hydrogen (secondary N) is 1. The van der Waals surface area contributed by atoms with E-state index in [1.807, 2.05) is 0 Å². The van der Waals surface area contributed by atoms with Crippen LogP contribution < -0.4 is 15.8 Å². The molecule has 0 aliphatic carbocycles. The van der Waals surface area contributed by atoms with Gasteiger partial charge in [-0.1, -0.05) is 6.92 Å². The van der Waals surface area contributed by atoms with Crippen molar-refractivity contribution in [3.05, 3.63) is 22.7 Å². The van der Waals surface area contributed by atoms with Gasteiger partial charge in [-0.05, 0) is 6.42 Å². The summed E-state index contributed by atoms with van der Waals surface area (Å²) in [5.41, 5.74) is -0.0112. The number of piperazine rings is 1. The maximum Gasteiger partial charge on any atom is 0.293 e. The first-order chi connectivity index (χ1) is 7.74. The molecule has 5 heteroatoms. The van der Waals surface area contributed by atoms with Crippen LogP contribution in [0.1, 0.15) is 13.3 Å². The summed E-state index contributed by atoms with van der Waals surface area (Å²) in [6.07, 6.45) is 4.40. The Morgan fingerprint density at radius 3 is 3.19 bits per heavy atom. The van der Waals surface area contributed by atoms with E-state index < -0.39 is 0 Å². The van der Waals surface area contributed by atoms with Crippen molar-refractivity contribution in [2.45, 2.75) is 19.4 Å². The van der Waals surface area contributed by atoms with E-state index in [0.717, 1.165) is 26.1 Å². The molecule has 0 spiro atoms. The molecule has 1 aromatic heterocycles. The van der Waals surface area contributed by atoms with Gasteiger partial charge >= 0.3 is 0 Å². The maximum atomic E-state index is 12.0. The molecule has 1 aromatic rings. The first kappa shape index (κ1) is 11.1. The number of aromatic nitrogens is 2. The zero-order valence-corrected chi connectivity index (χ0v) is 9.81. The predicted molar refractivity (Wildman–Crippen MR) is 63.8 cm³/mol. The molecule has 5 nitrogen and oxygen atoms in total. The second-order valence-corrected chi connectivity index (χ2v) is 4.13. The van der Waals surface area contributed by atoms with Gasteiger partial charge in [0, 0.05) is 45.1 Å². The molecule has 1 aliphatic rings. The minimum atomic E-state index is -0.0112. The summed E-state index contributed by atoms with van der Waals surface area (Å²) in [4.78, 5) is 18.3. The zero-order chi connectivity index (χ0) is 11.5. The van der Waals surface area contributed by atoms with E-state index in [-0.39, 0.29) is 5.56 Å². The lowest BCUT2D eigenvalue weighted by Gasteiger charge is -2.36. The lowest BCUT2D eigenvalue weighted by atomic mass is 10.1. The Morgan fingerprint density at radius 2 is 2.44 bits per heavy atom. The minimum Gasteiger partial charge on any atom is -0.346 e. The average Bonchev–Trinajstić information content (AvgIpc) is 2.33. The van der Waals surface area contributed by atoms with Gasteiger partial charge in [-0.15, -0.1) is 0 Å². The largest absolute Gasteiger partial charge is 0.346 e. The fourth-order valence-electron chi connectivity index (χ4n) is 2.09. The summed E-state index contributed by atoms with van der Waals surface area (Å²) in [6.45, 7) is 4.83. The van der Waals surface area contributed by atoms with E-state index in [0.29, 0.717) is 11.9 Å². The van der Waals surface area contributed by atoms with Gasteiger partial charge in [0.25, 0.3) is 5.56 Å². The molecule has 1 saturated heterocycles. The smallest absolute Gasteiger partial charge is 0.293 e. The molecule has 1 unspecified atom stereocenters. The fraction of sp³-hybridized carbons (Fsp3) is 0.636. The summed E-state index contributed by atoms with van der Waals surface area (Å²) in [5.74, 6) is 0.582. The quantitative estimate of drug-likeness (QED) is 0.763. The highest BCUT2D eigenvalue weighted by molar-refractivity contribution is 5.38. The molecule has 16 heavy (non-hydrogen) atoms. The molecule has 1 fully saturated rings. The highest BCUT2D eigenvalue weighted by atomic mass is 16.1. The van der Waals surface area contributed by atoms with Crippen molar-refractivity contribution in [3.8, 4) is 0 Å². The van der Waals surface area contributed by atoms with Gasteiger partial charge in [0.1, 0.15) is 0 Å². The molecule has 0 aromatic carbocycles. The van der Waals surface area contributed by atoms with Gasteiger partial charge in [-0.3, -0.25) is 4.79 Å². The summed E-state index contributed by atoms with van der Waals surface area (Å²) in [7, 11) is 1.76. The lowest BCUT2D eigenvalue weighted by molar-refractivity contribution is 0.460. The van der Waals surface area contributed by atoms with Crippen LogP contribution in [0.25, 0.3) is 0 Å². The molecule has 1 atom stereocenters. The molecule has 2 heterocycles. The van der Waals surface area contributed by atoms with Gasteiger partial charge in [-0.2, -0.15) is 0 Å². The van der Waals surface area contributed by atoms with E-state index in [1.54, 1.807) is 24.0 Å². The van der Waals surface area contributed by atoms with E-state index in [9.17, 15) is 4.79 Å². The molecule has 88 valence electrons. The Hall–Kier alpha value is -1.36. The van der Waals surface area contributed by atoms with Crippen LogP contribution in [0.3, 0.4) is 0 Å². The SMILES string of the molecule is CCC1CNCCN1c1nccn(C)c1=O. The van der Waals surface area contributed by atoms with Crippen molar-refractivity contribution < 1.29 is 0 Å². The first-order valence-corrected chi connectivity index (χ1v) is 5.73. The maximum absolute atomic E-state index is 12.0. The van der Waals surface area contributed by atoms with Crippen molar-refractivity contribution in [1.82, 2.24) is 14.9 Å². The highest BCUT2D eigenvalue weighted by Gasteiger charge is 2.23. The molecule has 1 aliphatic heterocycles.